The molecule has 29 heavy (non-hydrogen) atoms. The first-order valence-electron chi connectivity index (χ1n) is 8.70. The van der Waals surface area contributed by atoms with Crippen LogP contribution in [0.3, 0.4) is 0 Å². The summed E-state index contributed by atoms with van der Waals surface area (Å²) in [6, 6.07) is 19.5. The maximum atomic E-state index is 12.5. The van der Waals surface area contributed by atoms with Crippen LogP contribution in [0.2, 0.25) is 5.02 Å². The predicted molar refractivity (Wildman–Crippen MR) is 115 cm³/mol. The third kappa shape index (κ3) is 4.29. The highest BCUT2D eigenvalue weighted by atomic mass is 79.9. The van der Waals surface area contributed by atoms with Crippen LogP contribution in [0.5, 0.6) is 0 Å². The third-order valence-corrected chi connectivity index (χ3v) is 5.11. The normalized spacial score (nSPS) is 10.9. The van der Waals surface area contributed by atoms with Gasteiger partial charge in [0.25, 0.3) is 5.91 Å². The highest BCUT2D eigenvalue weighted by Gasteiger charge is 2.14. The van der Waals surface area contributed by atoms with Gasteiger partial charge in [-0.2, -0.15) is 0 Å². The van der Waals surface area contributed by atoms with E-state index in [4.69, 9.17) is 25.5 Å². The number of carbonyl (C=O) groups excluding carboxylic acids is 1. The van der Waals surface area contributed by atoms with Crippen molar-refractivity contribution < 1.29 is 18.7 Å². The molecule has 0 saturated carbocycles. The highest BCUT2D eigenvalue weighted by molar-refractivity contribution is 9.10. The van der Waals surface area contributed by atoms with E-state index in [0.29, 0.717) is 33.6 Å². The maximum Gasteiger partial charge on any atom is 0.291 e. The molecule has 146 valence electrons. The molecule has 7 heteroatoms. The molecule has 0 spiro atoms. The molecule has 2 aromatic carbocycles. The van der Waals surface area contributed by atoms with Gasteiger partial charge in [-0.15, -0.1) is 0 Å². The van der Waals surface area contributed by atoms with Gasteiger partial charge in [-0.05, 0) is 54.6 Å². The number of nitrogens with one attached hydrogen (secondary N) is 1. The van der Waals surface area contributed by atoms with Crippen molar-refractivity contribution in [3.05, 3.63) is 87.7 Å². The first-order valence-corrected chi connectivity index (χ1v) is 9.87. The molecule has 0 radical (unpaired) electrons. The van der Waals surface area contributed by atoms with Crippen LogP contribution in [0.1, 0.15) is 16.3 Å². The minimum Gasteiger partial charge on any atom is -0.459 e. The van der Waals surface area contributed by atoms with Crippen LogP contribution in [0.4, 0.5) is 5.69 Å². The molecule has 4 aromatic rings. The molecule has 0 bridgehead atoms. The SMILES string of the molecule is O=C(Nc1ccc(-c2ccc(CO)o2)c(Cl)c1)c1ccc(-c2ccc(Br)cc2)o1. The van der Waals surface area contributed by atoms with Gasteiger partial charge in [0.1, 0.15) is 23.9 Å². The Morgan fingerprint density at radius 2 is 1.72 bits per heavy atom. The summed E-state index contributed by atoms with van der Waals surface area (Å²) in [6.45, 7) is -0.183. The van der Waals surface area contributed by atoms with Crippen molar-refractivity contribution in [3.8, 4) is 22.6 Å². The molecule has 0 aliphatic rings. The lowest BCUT2D eigenvalue weighted by Gasteiger charge is -2.07. The number of hydrogen-bond donors (Lipinski definition) is 2. The van der Waals surface area contributed by atoms with Crippen LogP contribution >= 0.6 is 27.5 Å². The second-order valence-electron chi connectivity index (χ2n) is 6.24. The van der Waals surface area contributed by atoms with Gasteiger partial charge in [0.05, 0.1) is 5.02 Å². The molecule has 2 N–H and O–H groups in total. The second kappa shape index (κ2) is 8.29. The van der Waals surface area contributed by atoms with Crippen LogP contribution in [0.15, 0.2) is 80.0 Å². The van der Waals surface area contributed by atoms with Crippen LogP contribution in [-0.2, 0) is 6.61 Å². The maximum absolute atomic E-state index is 12.5. The highest BCUT2D eigenvalue weighted by Crippen LogP contribution is 2.32. The van der Waals surface area contributed by atoms with E-state index in [-0.39, 0.29) is 18.3 Å². The fourth-order valence-electron chi connectivity index (χ4n) is 2.82. The molecule has 0 aliphatic heterocycles. The van der Waals surface area contributed by atoms with E-state index in [1.54, 1.807) is 42.5 Å². The van der Waals surface area contributed by atoms with E-state index < -0.39 is 0 Å². The van der Waals surface area contributed by atoms with Gasteiger partial charge in [-0.3, -0.25) is 4.79 Å². The first kappa shape index (κ1) is 19.5. The quantitative estimate of drug-likeness (QED) is 0.354. The number of carbonyl (C=O) groups is 1. The number of aliphatic hydroxyl groups is 1. The van der Waals surface area contributed by atoms with E-state index in [1.807, 2.05) is 24.3 Å². The zero-order chi connectivity index (χ0) is 20.4. The minimum absolute atomic E-state index is 0.183. The van der Waals surface area contributed by atoms with Crippen molar-refractivity contribution in [1.82, 2.24) is 0 Å². The van der Waals surface area contributed by atoms with Crippen molar-refractivity contribution in [2.24, 2.45) is 0 Å². The average Bonchev–Trinajstić information content (AvgIpc) is 3.38. The average molecular weight is 473 g/mol. The number of furan rings is 2. The Bertz CT molecular complexity index is 1160. The lowest BCUT2D eigenvalue weighted by molar-refractivity contribution is 0.0997. The molecule has 0 atom stereocenters. The summed E-state index contributed by atoms with van der Waals surface area (Å²) in [4.78, 5) is 12.5. The fraction of sp³-hybridized carbons (Fsp3) is 0.0455. The molecule has 0 unspecified atom stereocenters. The number of aliphatic hydroxyl groups excluding tert-OH is 1. The molecule has 1 amide bonds. The Hall–Kier alpha value is -2.80. The largest absolute Gasteiger partial charge is 0.459 e. The molecule has 0 fully saturated rings. The summed E-state index contributed by atoms with van der Waals surface area (Å²) in [5.41, 5.74) is 2.07. The zero-order valence-electron chi connectivity index (χ0n) is 15.0. The predicted octanol–water partition coefficient (Wildman–Crippen LogP) is 6.37. The van der Waals surface area contributed by atoms with Crippen LogP contribution in [0, 0.1) is 0 Å². The van der Waals surface area contributed by atoms with Gasteiger partial charge in [-0.1, -0.05) is 39.7 Å². The molecular formula is C22H15BrClNO4. The minimum atomic E-state index is -0.377. The van der Waals surface area contributed by atoms with E-state index in [2.05, 4.69) is 21.2 Å². The topological polar surface area (TPSA) is 75.6 Å². The second-order valence-corrected chi connectivity index (χ2v) is 7.57. The van der Waals surface area contributed by atoms with Crippen LogP contribution < -0.4 is 5.32 Å². The van der Waals surface area contributed by atoms with Crippen molar-refractivity contribution in [2.75, 3.05) is 5.32 Å². The van der Waals surface area contributed by atoms with Crippen molar-refractivity contribution in [2.45, 2.75) is 6.61 Å². The summed E-state index contributed by atoms with van der Waals surface area (Å²) >= 11 is 9.73. The standard InChI is InChI=1S/C22H15BrClNO4/c23-14-3-1-13(2-4-14)19-9-10-21(29-19)22(27)25-15-5-7-17(18(24)11-15)20-8-6-16(12-26)28-20/h1-11,26H,12H2,(H,25,27). The Balaban J connectivity index is 1.50. The monoisotopic (exact) mass is 471 g/mol. The van der Waals surface area contributed by atoms with E-state index in [0.717, 1.165) is 10.0 Å². The lowest BCUT2D eigenvalue weighted by atomic mass is 10.1. The lowest BCUT2D eigenvalue weighted by Crippen LogP contribution is -2.10. The summed E-state index contributed by atoms with van der Waals surface area (Å²) in [5, 5.41) is 12.3. The van der Waals surface area contributed by atoms with E-state index in [1.165, 1.54) is 0 Å². The van der Waals surface area contributed by atoms with Gasteiger partial charge in [0.2, 0.25) is 0 Å². The van der Waals surface area contributed by atoms with Crippen molar-refractivity contribution in [1.29, 1.82) is 0 Å². The Labute approximate surface area is 180 Å². The number of benzene rings is 2. The molecule has 2 aromatic heterocycles. The van der Waals surface area contributed by atoms with E-state index in [9.17, 15) is 4.79 Å². The van der Waals surface area contributed by atoms with Crippen molar-refractivity contribution >= 4 is 39.1 Å². The summed E-state index contributed by atoms with van der Waals surface area (Å²) in [5.74, 6) is 1.42. The molecule has 2 heterocycles. The molecular weight excluding hydrogens is 458 g/mol. The number of anilines is 1. The Morgan fingerprint density at radius 1 is 0.966 bits per heavy atom. The van der Waals surface area contributed by atoms with Gasteiger partial charge in [0, 0.05) is 21.3 Å². The van der Waals surface area contributed by atoms with Gasteiger partial charge >= 0.3 is 0 Å². The van der Waals surface area contributed by atoms with Gasteiger partial charge in [0.15, 0.2) is 5.76 Å². The fourth-order valence-corrected chi connectivity index (χ4v) is 3.36. The molecule has 0 saturated heterocycles. The molecule has 0 aliphatic carbocycles. The molecule has 4 rings (SSSR count). The summed E-state index contributed by atoms with van der Waals surface area (Å²) in [7, 11) is 0. The smallest absolute Gasteiger partial charge is 0.291 e. The summed E-state index contributed by atoms with van der Waals surface area (Å²) < 4.78 is 12.2. The third-order valence-electron chi connectivity index (χ3n) is 4.27. The number of halogens is 2. The number of amides is 1. The zero-order valence-corrected chi connectivity index (χ0v) is 17.3. The number of rotatable bonds is 5. The van der Waals surface area contributed by atoms with Gasteiger partial charge < -0.3 is 19.3 Å². The summed E-state index contributed by atoms with van der Waals surface area (Å²) in [6.07, 6.45) is 0. The van der Waals surface area contributed by atoms with E-state index >= 15 is 0 Å². The van der Waals surface area contributed by atoms with Gasteiger partial charge in [-0.25, -0.2) is 0 Å². The Kier molecular flexibility index (Phi) is 5.58. The molecule has 5 nitrogen and oxygen atoms in total. The van der Waals surface area contributed by atoms with Crippen molar-refractivity contribution in [3.63, 3.8) is 0 Å². The number of hydrogen-bond acceptors (Lipinski definition) is 4. The Morgan fingerprint density at radius 3 is 2.41 bits per heavy atom. The van der Waals surface area contributed by atoms with Crippen LogP contribution in [-0.4, -0.2) is 11.0 Å². The first-order chi connectivity index (χ1) is 14.0. The van der Waals surface area contributed by atoms with Crippen LogP contribution in [0.25, 0.3) is 22.6 Å².